The van der Waals surface area contributed by atoms with Gasteiger partial charge in [-0.1, -0.05) is 202 Å². The molecule has 10 aromatic rings. The van der Waals surface area contributed by atoms with E-state index in [9.17, 15) is 0 Å². The van der Waals surface area contributed by atoms with Crippen molar-refractivity contribution in [1.29, 1.82) is 0 Å². The van der Waals surface area contributed by atoms with Gasteiger partial charge >= 0.3 is 0 Å². The lowest BCUT2D eigenvalue weighted by Crippen LogP contribution is -2.17. The Hall–Kier alpha value is -7.22. The molecule has 0 fully saturated rings. The van der Waals surface area contributed by atoms with E-state index in [1.807, 2.05) is 0 Å². The van der Waals surface area contributed by atoms with Crippen LogP contribution in [-0.4, -0.2) is 0 Å². The Morgan fingerprint density at radius 2 is 0.862 bits per heavy atom. The van der Waals surface area contributed by atoms with E-state index in [0.717, 1.165) is 17.1 Å². The molecule has 0 aromatic heterocycles. The van der Waals surface area contributed by atoms with E-state index in [1.165, 1.54) is 88.0 Å². The second kappa shape index (κ2) is 13.5. The molecule has 274 valence electrons. The lowest BCUT2D eigenvalue weighted by Gasteiger charge is -2.32. The molecule has 0 radical (unpaired) electrons. The first-order valence-corrected chi connectivity index (χ1v) is 20.3. The first-order valence-electron chi connectivity index (χ1n) is 20.3. The van der Waals surface area contributed by atoms with Crippen molar-refractivity contribution in [1.82, 2.24) is 0 Å². The fourth-order valence-electron chi connectivity index (χ4n) is 9.72. The number of hydrogen-bond acceptors (Lipinski definition) is 1. The predicted molar refractivity (Wildman–Crippen MR) is 248 cm³/mol. The molecule has 0 bridgehead atoms. The van der Waals surface area contributed by atoms with Gasteiger partial charge < -0.3 is 4.90 Å². The molecular formula is C57H41N. The molecule has 1 nitrogen and oxygen atoms in total. The molecule has 0 atom stereocenters. The highest BCUT2D eigenvalue weighted by atomic mass is 15.1. The minimum absolute atomic E-state index is 0.157. The van der Waals surface area contributed by atoms with Gasteiger partial charge in [0, 0.05) is 22.1 Å². The van der Waals surface area contributed by atoms with Crippen molar-refractivity contribution >= 4 is 49.4 Å². The summed E-state index contributed by atoms with van der Waals surface area (Å²) in [6.45, 7) is 4.75. The van der Waals surface area contributed by atoms with E-state index in [0.29, 0.717) is 0 Å². The molecule has 58 heavy (non-hydrogen) atoms. The van der Waals surface area contributed by atoms with Crippen molar-refractivity contribution in [2.75, 3.05) is 4.90 Å². The molecule has 0 aliphatic heterocycles. The molecule has 0 saturated carbocycles. The van der Waals surface area contributed by atoms with Gasteiger partial charge in [-0.05, 0) is 101 Å². The van der Waals surface area contributed by atoms with Gasteiger partial charge in [0.15, 0.2) is 0 Å². The smallest absolute Gasteiger partial charge is 0.0546 e. The number of fused-ring (bicyclic) bond motifs is 6. The maximum absolute atomic E-state index is 2.54. The van der Waals surface area contributed by atoms with Crippen LogP contribution in [0.25, 0.3) is 76.8 Å². The standard InChI is InChI=1S/C57H41N/c1-57(2)52-31-13-12-26-47(52)48-34-33-41(37-53(48)57)58(54-36-35-44(38-17-4-3-5-18-38)45-25-10-11-27-49(45)54)55-32-16-30-51(46-28-14-21-39-19-6-8-23-42(39)46)56(55)50-29-15-22-40-20-7-9-24-43(40)50/h3-37H,1-2H3. The Labute approximate surface area is 340 Å². The zero-order valence-corrected chi connectivity index (χ0v) is 32.7. The van der Waals surface area contributed by atoms with Crippen molar-refractivity contribution in [2.24, 2.45) is 0 Å². The van der Waals surface area contributed by atoms with Crippen molar-refractivity contribution in [3.8, 4) is 44.5 Å². The van der Waals surface area contributed by atoms with Crippen LogP contribution < -0.4 is 4.90 Å². The Bertz CT molecular complexity index is 3200. The molecule has 11 rings (SSSR count). The molecule has 1 heteroatoms. The SMILES string of the molecule is CC1(C)c2ccccc2-c2ccc(N(c3cccc(-c4cccc5ccccc45)c3-c3cccc4ccccc34)c3ccc(-c4ccccc4)c4ccccc34)cc21. The Morgan fingerprint density at radius 3 is 1.64 bits per heavy atom. The summed E-state index contributed by atoms with van der Waals surface area (Å²) in [5, 5.41) is 7.35. The highest BCUT2D eigenvalue weighted by molar-refractivity contribution is 6.12. The largest absolute Gasteiger partial charge is 0.309 e. The lowest BCUT2D eigenvalue weighted by molar-refractivity contribution is 0.660. The summed E-state index contributed by atoms with van der Waals surface area (Å²) in [4.78, 5) is 2.54. The Morgan fingerprint density at radius 1 is 0.328 bits per heavy atom. The third kappa shape index (κ3) is 5.31. The van der Waals surface area contributed by atoms with Crippen LogP contribution in [0.3, 0.4) is 0 Å². The van der Waals surface area contributed by atoms with Crippen LogP contribution in [-0.2, 0) is 5.41 Å². The molecule has 1 aliphatic rings. The molecular weight excluding hydrogens is 699 g/mol. The quantitative estimate of drug-likeness (QED) is 0.164. The molecule has 0 amide bonds. The molecule has 0 heterocycles. The Balaban J connectivity index is 1.26. The van der Waals surface area contributed by atoms with Gasteiger partial charge in [0.2, 0.25) is 0 Å². The lowest BCUT2D eigenvalue weighted by atomic mass is 9.82. The second-order valence-electron chi connectivity index (χ2n) is 16.0. The van der Waals surface area contributed by atoms with Crippen molar-refractivity contribution in [3.63, 3.8) is 0 Å². The summed E-state index contributed by atoms with van der Waals surface area (Å²) in [5.41, 5.74) is 15.9. The van der Waals surface area contributed by atoms with Crippen LogP contribution in [0.15, 0.2) is 212 Å². The summed E-state index contributed by atoms with van der Waals surface area (Å²) < 4.78 is 0. The Kier molecular flexibility index (Phi) is 7.91. The van der Waals surface area contributed by atoms with Crippen LogP contribution in [0.1, 0.15) is 25.0 Å². The topological polar surface area (TPSA) is 3.24 Å². The average molecular weight is 740 g/mol. The number of benzene rings is 10. The highest BCUT2D eigenvalue weighted by Gasteiger charge is 2.36. The van der Waals surface area contributed by atoms with E-state index in [4.69, 9.17) is 0 Å². The molecule has 0 saturated heterocycles. The number of rotatable bonds is 6. The van der Waals surface area contributed by atoms with Crippen LogP contribution in [0.5, 0.6) is 0 Å². The third-order valence-corrected chi connectivity index (χ3v) is 12.5. The van der Waals surface area contributed by atoms with Crippen LogP contribution in [0, 0.1) is 0 Å². The van der Waals surface area contributed by atoms with E-state index in [2.05, 4.69) is 231 Å². The first-order chi connectivity index (χ1) is 28.6. The van der Waals surface area contributed by atoms with Gasteiger partial charge in [0.05, 0.1) is 11.4 Å². The molecule has 10 aromatic carbocycles. The van der Waals surface area contributed by atoms with Crippen LogP contribution in [0.4, 0.5) is 17.1 Å². The third-order valence-electron chi connectivity index (χ3n) is 12.5. The number of hydrogen-bond donors (Lipinski definition) is 0. The zero-order valence-electron chi connectivity index (χ0n) is 32.7. The van der Waals surface area contributed by atoms with Crippen LogP contribution >= 0.6 is 0 Å². The fraction of sp³-hybridized carbons (Fsp3) is 0.0526. The van der Waals surface area contributed by atoms with Gasteiger partial charge in [-0.15, -0.1) is 0 Å². The summed E-state index contributed by atoms with van der Waals surface area (Å²) in [5.74, 6) is 0. The summed E-state index contributed by atoms with van der Waals surface area (Å²) in [7, 11) is 0. The van der Waals surface area contributed by atoms with Crippen LogP contribution in [0.2, 0.25) is 0 Å². The molecule has 0 unspecified atom stereocenters. The summed E-state index contributed by atoms with van der Waals surface area (Å²) in [6.07, 6.45) is 0. The van der Waals surface area contributed by atoms with Gasteiger partial charge in [-0.2, -0.15) is 0 Å². The van der Waals surface area contributed by atoms with Gasteiger partial charge in [-0.3, -0.25) is 0 Å². The maximum Gasteiger partial charge on any atom is 0.0546 e. The van der Waals surface area contributed by atoms with Crippen molar-refractivity contribution in [3.05, 3.63) is 223 Å². The van der Waals surface area contributed by atoms with E-state index >= 15 is 0 Å². The second-order valence-corrected chi connectivity index (χ2v) is 16.0. The molecule has 0 spiro atoms. The summed E-state index contributed by atoms with van der Waals surface area (Å²) in [6, 6.07) is 78.4. The number of anilines is 3. The van der Waals surface area contributed by atoms with Crippen molar-refractivity contribution in [2.45, 2.75) is 19.3 Å². The summed E-state index contributed by atoms with van der Waals surface area (Å²) >= 11 is 0. The monoisotopic (exact) mass is 739 g/mol. The molecule has 1 aliphatic carbocycles. The van der Waals surface area contributed by atoms with E-state index in [1.54, 1.807) is 0 Å². The van der Waals surface area contributed by atoms with E-state index in [-0.39, 0.29) is 5.41 Å². The first kappa shape index (κ1) is 34.1. The van der Waals surface area contributed by atoms with Gasteiger partial charge in [-0.25, -0.2) is 0 Å². The maximum atomic E-state index is 2.54. The number of nitrogens with zero attached hydrogens (tertiary/aromatic N) is 1. The minimum atomic E-state index is -0.157. The van der Waals surface area contributed by atoms with Crippen molar-refractivity contribution < 1.29 is 0 Å². The fourth-order valence-corrected chi connectivity index (χ4v) is 9.72. The predicted octanol–water partition coefficient (Wildman–Crippen LogP) is 15.9. The highest BCUT2D eigenvalue weighted by Crippen LogP contribution is 2.53. The van der Waals surface area contributed by atoms with Gasteiger partial charge in [0.1, 0.15) is 0 Å². The normalized spacial score (nSPS) is 12.8. The van der Waals surface area contributed by atoms with E-state index < -0.39 is 0 Å². The van der Waals surface area contributed by atoms with Gasteiger partial charge in [0.25, 0.3) is 0 Å². The zero-order chi connectivity index (χ0) is 38.8. The molecule has 0 N–H and O–H groups in total. The minimum Gasteiger partial charge on any atom is -0.309 e. The average Bonchev–Trinajstić information content (AvgIpc) is 3.51.